The molecular weight excluding hydrogens is 362 g/mol. The highest BCUT2D eigenvalue weighted by atomic mass is 32.2. The molecule has 1 amide bonds. The summed E-state index contributed by atoms with van der Waals surface area (Å²) in [4.78, 5) is 24.9. The monoisotopic (exact) mass is 391 g/mol. The number of carboxylic acid groups (broad SMARTS) is 1. The van der Waals surface area contributed by atoms with Gasteiger partial charge in [0.1, 0.15) is 5.70 Å². The van der Waals surface area contributed by atoms with Gasteiger partial charge in [0.25, 0.3) is 0 Å². The molecule has 1 N–H and O–H groups in total. The van der Waals surface area contributed by atoms with E-state index in [1.165, 1.54) is 13.8 Å². The van der Waals surface area contributed by atoms with Crippen molar-refractivity contribution in [1.29, 1.82) is 0 Å². The maximum atomic E-state index is 12.5. The predicted molar refractivity (Wildman–Crippen MR) is 98.1 cm³/mol. The third-order valence-corrected chi connectivity index (χ3v) is 10.9. The Morgan fingerprint density at radius 3 is 2.08 bits per heavy atom. The Hall–Kier alpha value is -1.19. The second kappa shape index (κ2) is 6.84. The van der Waals surface area contributed by atoms with Crippen LogP contribution in [0.1, 0.15) is 34.6 Å². The molecule has 0 aromatic carbocycles. The number of β-lactam (4-membered cyclic amide) rings is 1. The number of aliphatic carboxylic acids is 1. The van der Waals surface area contributed by atoms with Gasteiger partial charge in [0.05, 0.1) is 5.92 Å². The first kappa shape index (κ1) is 21.8. The molecule has 0 bridgehead atoms. The first-order chi connectivity index (χ1) is 11.0. The minimum Gasteiger partial charge on any atom is -0.477 e. The van der Waals surface area contributed by atoms with Gasteiger partial charge < -0.3 is 9.53 Å². The largest absolute Gasteiger partial charge is 0.477 e. The Kier molecular flexibility index (Phi) is 5.98. The van der Waals surface area contributed by atoms with Gasteiger partial charge >= 0.3 is 5.97 Å². The maximum Gasteiger partial charge on any atom is 0.352 e. The van der Waals surface area contributed by atoms with Crippen molar-refractivity contribution >= 4 is 30.0 Å². The van der Waals surface area contributed by atoms with Crippen LogP contribution in [0.2, 0.25) is 18.1 Å². The number of hydrogen-bond donors (Lipinski definition) is 1. The summed E-state index contributed by atoms with van der Waals surface area (Å²) in [5.74, 6) is -2.71. The third kappa shape index (κ3) is 4.32. The summed E-state index contributed by atoms with van der Waals surface area (Å²) in [6, 6.07) is 0. The molecule has 0 spiro atoms. The van der Waals surface area contributed by atoms with Crippen molar-refractivity contribution < 1.29 is 27.5 Å². The highest BCUT2D eigenvalue weighted by molar-refractivity contribution is 7.91. The molecular formula is C16H29NO6SSi. The average molecular weight is 392 g/mol. The summed E-state index contributed by atoms with van der Waals surface area (Å²) in [5, 5.41) is 8.08. The molecule has 7 nitrogen and oxygen atoms in total. The van der Waals surface area contributed by atoms with Gasteiger partial charge in [-0.05, 0) is 37.6 Å². The number of carboxylic acids is 1. The number of allylic oxidation sites excluding steroid dienone is 1. The average Bonchev–Trinajstić information content (AvgIpc) is 2.36. The highest BCUT2D eigenvalue weighted by Crippen LogP contribution is 2.40. The minimum atomic E-state index is -3.67. The molecule has 25 heavy (non-hydrogen) atoms. The zero-order chi connectivity index (χ0) is 20.0. The van der Waals surface area contributed by atoms with E-state index in [2.05, 4.69) is 0 Å². The van der Waals surface area contributed by atoms with Crippen LogP contribution in [0.25, 0.3) is 0 Å². The van der Waals surface area contributed by atoms with E-state index in [0.29, 0.717) is 5.57 Å². The number of carbonyl (C=O) groups is 2. The Morgan fingerprint density at radius 1 is 1.28 bits per heavy atom. The Labute approximate surface area is 151 Å². The molecule has 0 aromatic rings. The van der Waals surface area contributed by atoms with Crippen LogP contribution in [0, 0.1) is 5.92 Å². The van der Waals surface area contributed by atoms with Gasteiger partial charge in [-0.1, -0.05) is 20.8 Å². The van der Waals surface area contributed by atoms with Crippen LogP contribution in [0.4, 0.5) is 0 Å². The second-order valence-corrected chi connectivity index (χ2v) is 15.2. The van der Waals surface area contributed by atoms with Crippen molar-refractivity contribution in [3.05, 3.63) is 11.3 Å². The van der Waals surface area contributed by atoms with Gasteiger partial charge in [0.15, 0.2) is 23.5 Å². The number of nitrogens with zero attached hydrogens (tertiary/aromatic N) is 1. The molecule has 2 atom stereocenters. The fourth-order valence-electron chi connectivity index (χ4n) is 2.48. The van der Waals surface area contributed by atoms with Crippen LogP contribution in [0.15, 0.2) is 11.3 Å². The second-order valence-electron chi connectivity index (χ2n) is 8.26. The van der Waals surface area contributed by atoms with Crippen LogP contribution in [0.3, 0.4) is 0 Å². The molecule has 0 aliphatic carbocycles. The van der Waals surface area contributed by atoms with Crippen molar-refractivity contribution in [2.75, 3.05) is 12.9 Å². The molecule has 0 aromatic heterocycles. The molecule has 1 fully saturated rings. The molecule has 0 radical (unpaired) electrons. The lowest BCUT2D eigenvalue weighted by atomic mass is 9.97. The normalized spacial score (nSPS) is 21.8. The molecule has 1 heterocycles. The summed E-state index contributed by atoms with van der Waals surface area (Å²) in [6.45, 7) is 13.2. The molecule has 1 saturated heterocycles. The molecule has 144 valence electrons. The number of amides is 1. The standard InChI is InChI=1S/C16H29NO6SSi/c1-10(2)12(15(19)20)17-13(18)11(14(17)24(6,21)22)9-23-25(7,8)16(3,4)5/h11,14H,9H2,1-8H3,(H,19,20)/t11-,14+/m0/s1. The predicted octanol–water partition coefficient (Wildman–Crippen LogP) is 2.22. The van der Waals surface area contributed by atoms with Crippen LogP contribution in [0.5, 0.6) is 0 Å². The van der Waals surface area contributed by atoms with E-state index in [-0.39, 0.29) is 17.3 Å². The fourth-order valence-corrected chi connectivity index (χ4v) is 4.89. The summed E-state index contributed by atoms with van der Waals surface area (Å²) in [6.07, 6.45) is 1.01. The van der Waals surface area contributed by atoms with Crippen molar-refractivity contribution in [3.8, 4) is 0 Å². The van der Waals surface area contributed by atoms with Gasteiger partial charge in [0, 0.05) is 12.9 Å². The number of carbonyl (C=O) groups excluding carboxylic acids is 1. The quantitative estimate of drug-likeness (QED) is 0.423. The number of rotatable bonds is 6. The molecule has 1 aliphatic heterocycles. The summed E-state index contributed by atoms with van der Waals surface area (Å²) < 4.78 is 30.4. The van der Waals surface area contributed by atoms with Gasteiger partial charge in [-0.2, -0.15) is 0 Å². The summed E-state index contributed by atoms with van der Waals surface area (Å²) in [5.41, 5.74) is 0.0993. The topological polar surface area (TPSA) is 101 Å². The van der Waals surface area contributed by atoms with E-state index < -0.39 is 41.3 Å². The van der Waals surface area contributed by atoms with E-state index in [0.717, 1.165) is 11.2 Å². The Bertz CT molecular complexity index is 701. The zero-order valence-corrected chi connectivity index (χ0v) is 18.0. The van der Waals surface area contributed by atoms with Crippen LogP contribution in [-0.4, -0.2) is 56.9 Å². The zero-order valence-electron chi connectivity index (χ0n) is 16.2. The SMILES string of the molecule is CC(C)=C(C(=O)O)N1C(=O)[C@H](CO[Si](C)(C)C(C)(C)C)[C@H]1S(C)(=O)=O. The van der Waals surface area contributed by atoms with Crippen LogP contribution in [-0.2, 0) is 23.9 Å². The highest BCUT2D eigenvalue weighted by Gasteiger charge is 2.56. The first-order valence-corrected chi connectivity index (χ1v) is 13.0. The number of sulfone groups is 1. The Balaban J connectivity index is 3.15. The van der Waals surface area contributed by atoms with Crippen molar-refractivity contribution in [2.45, 2.75) is 58.1 Å². The lowest BCUT2D eigenvalue weighted by molar-refractivity contribution is -0.154. The van der Waals surface area contributed by atoms with Crippen LogP contribution < -0.4 is 0 Å². The maximum absolute atomic E-state index is 12.5. The molecule has 0 saturated carbocycles. The third-order valence-electron chi connectivity index (χ3n) is 4.94. The lowest BCUT2D eigenvalue weighted by Crippen LogP contribution is -2.66. The molecule has 0 unspecified atom stereocenters. The van der Waals surface area contributed by atoms with E-state index in [1.54, 1.807) is 0 Å². The summed E-state index contributed by atoms with van der Waals surface area (Å²) >= 11 is 0. The Morgan fingerprint density at radius 2 is 1.76 bits per heavy atom. The molecule has 9 heteroatoms. The van der Waals surface area contributed by atoms with Gasteiger partial charge in [0.2, 0.25) is 5.91 Å². The minimum absolute atomic E-state index is 0.0147. The summed E-state index contributed by atoms with van der Waals surface area (Å²) in [7, 11) is -5.82. The molecule has 1 aliphatic rings. The smallest absolute Gasteiger partial charge is 0.352 e. The van der Waals surface area contributed by atoms with E-state index in [9.17, 15) is 23.1 Å². The van der Waals surface area contributed by atoms with Crippen LogP contribution >= 0.6 is 0 Å². The van der Waals surface area contributed by atoms with Gasteiger partial charge in [-0.25, -0.2) is 13.2 Å². The van der Waals surface area contributed by atoms with E-state index in [4.69, 9.17) is 4.43 Å². The van der Waals surface area contributed by atoms with E-state index >= 15 is 0 Å². The van der Waals surface area contributed by atoms with Gasteiger partial charge in [-0.15, -0.1) is 0 Å². The first-order valence-electron chi connectivity index (χ1n) is 8.09. The van der Waals surface area contributed by atoms with Crippen molar-refractivity contribution in [2.24, 2.45) is 5.92 Å². The lowest BCUT2D eigenvalue weighted by Gasteiger charge is -2.47. The number of likely N-dealkylation sites (tertiary alicyclic amines) is 1. The fraction of sp³-hybridized carbons (Fsp3) is 0.750. The molecule has 1 rings (SSSR count). The van der Waals surface area contributed by atoms with E-state index in [1.807, 2.05) is 33.9 Å². The number of hydrogen-bond acceptors (Lipinski definition) is 5. The van der Waals surface area contributed by atoms with Crippen molar-refractivity contribution in [3.63, 3.8) is 0 Å². The van der Waals surface area contributed by atoms with Crippen molar-refractivity contribution in [1.82, 2.24) is 4.90 Å². The van der Waals surface area contributed by atoms with Gasteiger partial charge in [-0.3, -0.25) is 9.69 Å².